The van der Waals surface area contributed by atoms with Crippen molar-refractivity contribution in [3.63, 3.8) is 0 Å². The number of para-hydroxylation sites is 1. The van der Waals surface area contributed by atoms with Crippen molar-refractivity contribution in [3.8, 4) is 0 Å². The Morgan fingerprint density at radius 2 is 1.71 bits per heavy atom. The number of hydrogen-bond donors (Lipinski definition) is 1. The molecule has 5 rings (SSSR count). The fourth-order valence-corrected chi connectivity index (χ4v) is 5.27. The monoisotopic (exact) mass is 583 g/mol. The molecular formula is C30H32F3N5O4. The number of carbonyl (C=O) groups excluding carboxylic acids is 3. The van der Waals surface area contributed by atoms with E-state index in [-0.39, 0.29) is 35.9 Å². The van der Waals surface area contributed by atoms with Crippen LogP contribution in [0.3, 0.4) is 0 Å². The van der Waals surface area contributed by atoms with E-state index in [2.05, 4.69) is 10.2 Å². The minimum Gasteiger partial charge on any atom is -0.379 e. The molecule has 222 valence electrons. The largest absolute Gasteiger partial charge is 0.416 e. The smallest absolute Gasteiger partial charge is 0.379 e. The molecule has 0 saturated carbocycles. The molecule has 2 aromatic rings. The summed E-state index contributed by atoms with van der Waals surface area (Å²) in [6.07, 6.45) is -0.715. The zero-order chi connectivity index (χ0) is 29.9. The van der Waals surface area contributed by atoms with E-state index in [0.29, 0.717) is 44.0 Å². The van der Waals surface area contributed by atoms with E-state index in [1.54, 1.807) is 43.3 Å². The number of imide groups is 1. The van der Waals surface area contributed by atoms with Gasteiger partial charge in [0, 0.05) is 44.0 Å². The standard InChI is InChI=1S/C30H32F3N5O4/c1-2-36-25-12-11-22(30(31,32)33)20-26(25)37(23-8-4-3-5-9-23)29(41)38(28(36)40)24-10-6-7-21(19-24)27(39)34-13-14-35-15-17-42-18-16-35/h3-5,7-9,11-12,19-20H,2,6,10,13-18H2,1H3,(H,34,39). The molecule has 3 aliphatic rings. The van der Waals surface area contributed by atoms with Gasteiger partial charge in [-0.1, -0.05) is 24.3 Å². The molecule has 0 spiro atoms. The summed E-state index contributed by atoms with van der Waals surface area (Å²) in [6, 6.07) is 9.70. The quantitative estimate of drug-likeness (QED) is 0.480. The van der Waals surface area contributed by atoms with Gasteiger partial charge in [0.25, 0.3) is 5.91 Å². The Balaban J connectivity index is 1.48. The van der Waals surface area contributed by atoms with Crippen LogP contribution < -0.4 is 15.1 Å². The van der Waals surface area contributed by atoms with E-state index < -0.39 is 23.8 Å². The van der Waals surface area contributed by atoms with Crippen LogP contribution in [0.15, 0.2) is 72.0 Å². The highest BCUT2D eigenvalue weighted by atomic mass is 19.4. The molecule has 42 heavy (non-hydrogen) atoms. The van der Waals surface area contributed by atoms with Gasteiger partial charge in [-0.25, -0.2) is 14.5 Å². The Hall–Kier alpha value is -4.16. The fraction of sp³-hybridized carbons (Fsp3) is 0.367. The number of morpholine rings is 1. The summed E-state index contributed by atoms with van der Waals surface area (Å²) in [5.74, 6) is -0.333. The molecule has 2 aliphatic heterocycles. The fourth-order valence-electron chi connectivity index (χ4n) is 5.27. The Kier molecular flexibility index (Phi) is 8.64. The van der Waals surface area contributed by atoms with E-state index in [1.807, 2.05) is 0 Å². The number of carbonyl (C=O) groups is 3. The maximum absolute atomic E-state index is 14.2. The van der Waals surface area contributed by atoms with Gasteiger partial charge in [-0.15, -0.1) is 0 Å². The van der Waals surface area contributed by atoms with Gasteiger partial charge in [-0.2, -0.15) is 13.2 Å². The highest BCUT2D eigenvalue weighted by Gasteiger charge is 2.42. The third kappa shape index (κ3) is 6.04. The van der Waals surface area contributed by atoms with E-state index in [4.69, 9.17) is 4.74 Å². The maximum Gasteiger partial charge on any atom is 0.416 e. The van der Waals surface area contributed by atoms with Gasteiger partial charge in [0.05, 0.1) is 35.8 Å². The topological polar surface area (TPSA) is 85.4 Å². The van der Waals surface area contributed by atoms with Gasteiger partial charge in [-0.05, 0) is 56.2 Å². The van der Waals surface area contributed by atoms with Gasteiger partial charge in [0.2, 0.25) is 0 Å². The minimum absolute atomic E-state index is 0.0632. The summed E-state index contributed by atoms with van der Waals surface area (Å²) in [5.41, 5.74) is 0.0629. The average Bonchev–Trinajstić information content (AvgIpc) is 3.08. The first-order chi connectivity index (χ1) is 20.2. The number of amides is 5. The number of urea groups is 2. The zero-order valence-corrected chi connectivity index (χ0v) is 23.2. The van der Waals surface area contributed by atoms with Gasteiger partial charge in [0.1, 0.15) is 0 Å². The number of rotatable bonds is 7. The van der Waals surface area contributed by atoms with Crippen LogP contribution in [0, 0.1) is 0 Å². The SMILES string of the molecule is CCN1C(=O)N(C2=CC(C(=O)NCCN3CCOCC3)=CCC2)C(=O)N(c2ccccc2)c2cc(C(F)(F)F)ccc21. The number of hydrogen-bond acceptors (Lipinski definition) is 5. The van der Waals surface area contributed by atoms with Crippen LogP contribution in [-0.2, 0) is 15.7 Å². The van der Waals surface area contributed by atoms with E-state index in [0.717, 1.165) is 35.0 Å². The molecule has 2 heterocycles. The number of ether oxygens (including phenoxy) is 1. The lowest BCUT2D eigenvalue weighted by Crippen LogP contribution is -2.47. The van der Waals surface area contributed by atoms with E-state index >= 15 is 0 Å². The molecule has 1 aliphatic carbocycles. The Morgan fingerprint density at radius 3 is 2.40 bits per heavy atom. The normalized spacial score (nSPS) is 18.3. The molecule has 2 aromatic carbocycles. The average molecular weight is 584 g/mol. The highest BCUT2D eigenvalue weighted by Crippen LogP contribution is 2.43. The molecule has 1 N–H and O–H groups in total. The summed E-state index contributed by atoms with van der Waals surface area (Å²) in [7, 11) is 0. The molecule has 0 bridgehead atoms. The number of alkyl halides is 3. The first-order valence-electron chi connectivity index (χ1n) is 13.9. The summed E-state index contributed by atoms with van der Waals surface area (Å²) >= 11 is 0. The van der Waals surface area contributed by atoms with E-state index in [1.165, 1.54) is 17.0 Å². The molecule has 9 nitrogen and oxygen atoms in total. The number of allylic oxidation sites excluding steroid dienone is 2. The van der Waals surface area contributed by atoms with Crippen molar-refractivity contribution in [2.24, 2.45) is 0 Å². The summed E-state index contributed by atoms with van der Waals surface area (Å²) in [5, 5.41) is 2.90. The second-order valence-corrected chi connectivity index (χ2v) is 10.1. The number of nitrogens with one attached hydrogen (secondary N) is 1. The molecule has 0 aromatic heterocycles. The van der Waals surface area contributed by atoms with Crippen molar-refractivity contribution in [3.05, 3.63) is 77.5 Å². The summed E-state index contributed by atoms with van der Waals surface area (Å²) in [4.78, 5) is 46.7. The zero-order valence-electron chi connectivity index (χ0n) is 23.2. The lowest BCUT2D eigenvalue weighted by molar-refractivity contribution is -0.137. The third-order valence-corrected chi connectivity index (χ3v) is 7.42. The predicted octanol–water partition coefficient (Wildman–Crippen LogP) is 5.28. The lowest BCUT2D eigenvalue weighted by atomic mass is 10.0. The second kappa shape index (κ2) is 12.4. The predicted molar refractivity (Wildman–Crippen MR) is 151 cm³/mol. The first kappa shape index (κ1) is 29.3. The van der Waals surface area contributed by atoms with Crippen LogP contribution in [0.1, 0.15) is 25.3 Å². The number of fused-ring (bicyclic) bond motifs is 1. The van der Waals surface area contributed by atoms with Crippen molar-refractivity contribution in [2.45, 2.75) is 25.9 Å². The molecule has 5 amide bonds. The van der Waals surface area contributed by atoms with Crippen molar-refractivity contribution in [1.29, 1.82) is 0 Å². The second-order valence-electron chi connectivity index (χ2n) is 10.1. The molecule has 1 saturated heterocycles. The molecule has 1 fully saturated rings. The van der Waals surface area contributed by atoms with Crippen LogP contribution in [0.5, 0.6) is 0 Å². The van der Waals surface area contributed by atoms with Crippen LogP contribution in [0.25, 0.3) is 0 Å². The Labute approximate surface area is 241 Å². The molecule has 0 atom stereocenters. The maximum atomic E-state index is 14.2. The van der Waals surface area contributed by atoms with Gasteiger partial charge >= 0.3 is 18.2 Å². The minimum atomic E-state index is -4.66. The highest BCUT2D eigenvalue weighted by molar-refractivity contribution is 6.17. The molecule has 0 unspecified atom stereocenters. The Morgan fingerprint density at radius 1 is 0.976 bits per heavy atom. The van der Waals surface area contributed by atoms with Crippen molar-refractivity contribution in [1.82, 2.24) is 15.1 Å². The van der Waals surface area contributed by atoms with Crippen molar-refractivity contribution < 1.29 is 32.3 Å². The van der Waals surface area contributed by atoms with Crippen LogP contribution >= 0.6 is 0 Å². The van der Waals surface area contributed by atoms with Gasteiger partial charge in [-0.3, -0.25) is 19.5 Å². The third-order valence-electron chi connectivity index (χ3n) is 7.42. The van der Waals surface area contributed by atoms with Crippen LogP contribution in [0.4, 0.5) is 39.8 Å². The summed E-state index contributed by atoms with van der Waals surface area (Å²) < 4.78 is 46.6. The number of benzene rings is 2. The molecule has 0 radical (unpaired) electrons. The number of anilines is 3. The number of nitrogens with zero attached hydrogens (tertiary/aromatic N) is 4. The van der Waals surface area contributed by atoms with Crippen molar-refractivity contribution >= 4 is 35.0 Å². The summed E-state index contributed by atoms with van der Waals surface area (Å²) in [6.45, 7) is 5.75. The Bertz CT molecular complexity index is 1400. The van der Waals surface area contributed by atoms with Gasteiger partial charge < -0.3 is 10.1 Å². The van der Waals surface area contributed by atoms with Crippen LogP contribution in [0.2, 0.25) is 0 Å². The van der Waals surface area contributed by atoms with Gasteiger partial charge in [0.15, 0.2) is 0 Å². The van der Waals surface area contributed by atoms with Crippen molar-refractivity contribution in [2.75, 3.05) is 55.7 Å². The molecular weight excluding hydrogens is 551 g/mol. The lowest BCUT2D eigenvalue weighted by Gasteiger charge is -2.30. The van der Waals surface area contributed by atoms with E-state index in [9.17, 15) is 27.6 Å². The first-order valence-corrected chi connectivity index (χ1v) is 13.9. The number of halogens is 3. The molecule has 12 heteroatoms. The van der Waals surface area contributed by atoms with Crippen LogP contribution in [-0.4, -0.2) is 73.7 Å².